The zero-order valence-corrected chi connectivity index (χ0v) is 13.7. The zero-order valence-electron chi connectivity index (χ0n) is 12.9. The van der Waals surface area contributed by atoms with E-state index < -0.39 is 0 Å². The maximum atomic E-state index is 5.43. The summed E-state index contributed by atoms with van der Waals surface area (Å²) in [5.41, 5.74) is 1.98. The summed E-state index contributed by atoms with van der Waals surface area (Å²) >= 11 is 5.43. The van der Waals surface area contributed by atoms with Crippen LogP contribution in [0.5, 0.6) is 17.2 Å². The second-order valence-electron chi connectivity index (χ2n) is 4.60. The number of methoxy groups -OCH3 is 3. The molecule has 0 saturated heterocycles. The third-order valence-electron chi connectivity index (χ3n) is 3.23. The molecular formula is C17H19NO3S. The molecule has 1 N–H and O–H groups in total. The number of benzene rings is 2. The monoisotopic (exact) mass is 317 g/mol. The lowest BCUT2D eigenvalue weighted by Crippen LogP contribution is -2.21. The molecule has 2 rings (SSSR count). The van der Waals surface area contributed by atoms with Crippen molar-refractivity contribution in [2.45, 2.75) is 6.54 Å². The summed E-state index contributed by atoms with van der Waals surface area (Å²) in [7, 11) is 4.87. The van der Waals surface area contributed by atoms with E-state index in [2.05, 4.69) is 5.32 Å². The van der Waals surface area contributed by atoms with Gasteiger partial charge in [-0.2, -0.15) is 0 Å². The van der Waals surface area contributed by atoms with Crippen LogP contribution < -0.4 is 19.5 Å². The summed E-state index contributed by atoms with van der Waals surface area (Å²) in [4.78, 5) is 0.656. The van der Waals surface area contributed by atoms with Crippen LogP contribution in [-0.4, -0.2) is 26.3 Å². The van der Waals surface area contributed by atoms with Crippen LogP contribution in [0, 0.1) is 0 Å². The molecule has 0 fully saturated rings. The Bertz CT molecular complexity index is 658. The van der Waals surface area contributed by atoms with Crippen molar-refractivity contribution in [2.24, 2.45) is 0 Å². The Morgan fingerprint density at radius 1 is 0.955 bits per heavy atom. The fourth-order valence-corrected chi connectivity index (χ4v) is 2.24. The van der Waals surface area contributed by atoms with Gasteiger partial charge in [-0.05, 0) is 35.9 Å². The van der Waals surface area contributed by atoms with Gasteiger partial charge in [-0.1, -0.05) is 24.4 Å². The van der Waals surface area contributed by atoms with E-state index in [4.69, 9.17) is 26.4 Å². The van der Waals surface area contributed by atoms with Crippen LogP contribution in [0.1, 0.15) is 11.1 Å². The third kappa shape index (κ3) is 3.89. The number of thiocarbonyl (C=S) groups is 1. The molecule has 0 unspecified atom stereocenters. The van der Waals surface area contributed by atoms with Gasteiger partial charge in [0.1, 0.15) is 10.7 Å². The maximum absolute atomic E-state index is 5.43. The van der Waals surface area contributed by atoms with Crippen LogP contribution in [0.25, 0.3) is 0 Å². The topological polar surface area (TPSA) is 39.7 Å². The lowest BCUT2D eigenvalue weighted by molar-refractivity contribution is 0.355. The van der Waals surface area contributed by atoms with Crippen LogP contribution >= 0.6 is 12.2 Å². The van der Waals surface area contributed by atoms with Gasteiger partial charge in [-0.15, -0.1) is 0 Å². The van der Waals surface area contributed by atoms with Gasteiger partial charge in [0.05, 0.1) is 21.3 Å². The molecule has 0 spiro atoms. The molecular weight excluding hydrogens is 298 g/mol. The third-order valence-corrected chi connectivity index (χ3v) is 3.61. The summed E-state index contributed by atoms with van der Waals surface area (Å²) in [6, 6.07) is 13.5. The van der Waals surface area contributed by atoms with E-state index in [0.29, 0.717) is 23.0 Å². The Morgan fingerprint density at radius 3 is 2.41 bits per heavy atom. The molecule has 0 aliphatic heterocycles. The molecule has 0 radical (unpaired) electrons. The molecule has 0 heterocycles. The average molecular weight is 317 g/mol. The maximum Gasteiger partial charge on any atom is 0.161 e. The first-order chi connectivity index (χ1) is 10.7. The first-order valence-corrected chi connectivity index (χ1v) is 7.22. The summed E-state index contributed by atoms with van der Waals surface area (Å²) in [6.07, 6.45) is 0. The van der Waals surface area contributed by atoms with Crippen LogP contribution in [0.2, 0.25) is 0 Å². The lowest BCUT2D eigenvalue weighted by Gasteiger charge is -2.12. The summed E-state index contributed by atoms with van der Waals surface area (Å²) in [5, 5.41) is 3.23. The van der Waals surface area contributed by atoms with Crippen molar-refractivity contribution in [1.82, 2.24) is 5.32 Å². The number of hydrogen-bond donors (Lipinski definition) is 1. The Hall–Kier alpha value is -2.27. The van der Waals surface area contributed by atoms with E-state index in [-0.39, 0.29) is 0 Å². The molecule has 0 amide bonds. The second-order valence-corrected chi connectivity index (χ2v) is 5.01. The summed E-state index contributed by atoms with van der Waals surface area (Å²) in [5.74, 6) is 2.17. The Kier molecular flexibility index (Phi) is 5.61. The molecule has 0 bridgehead atoms. The lowest BCUT2D eigenvalue weighted by atomic mass is 10.1. The molecule has 2 aromatic rings. The highest BCUT2D eigenvalue weighted by Gasteiger charge is 2.08. The first-order valence-electron chi connectivity index (χ1n) is 6.81. The molecule has 0 aliphatic rings. The van der Waals surface area contributed by atoms with Crippen molar-refractivity contribution in [3.63, 3.8) is 0 Å². The fourth-order valence-electron chi connectivity index (χ4n) is 2.04. The van der Waals surface area contributed by atoms with Gasteiger partial charge in [0, 0.05) is 12.1 Å². The minimum absolute atomic E-state index is 0.629. The smallest absolute Gasteiger partial charge is 0.161 e. The van der Waals surface area contributed by atoms with Crippen LogP contribution in [-0.2, 0) is 6.54 Å². The van der Waals surface area contributed by atoms with E-state index in [1.165, 1.54) is 0 Å². The van der Waals surface area contributed by atoms with Crippen LogP contribution in [0.3, 0.4) is 0 Å². The molecule has 2 aromatic carbocycles. The van der Waals surface area contributed by atoms with Crippen molar-refractivity contribution >= 4 is 17.2 Å². The quantitative estimate of drug-likeness (QED) is 0.829. The Balaban J connectivity index is 2.05. The molecule has 4 nitrogen and oxygen atoms in total. The molecule has 5 heteroatoms. The van der Waals surface area contributed by atoms with Gasteiger partial charge in [0.25, 0.3) is 0 Å². The highest BCUT2D eigenvalue weighted by molar-refractivity contribution is 7.80. The predicted molar refractivity (Wildman–Crippen MR) is 91.1 cm³/mol. The standard InChI is InChI=1S/C17H19NO3S/c1-19-14-6-4-5-12(9-14)11-18-17(22)13-7-8-15(20-2)16(10-13)21-3/h4-10H,11H2,1-3H3,(H,18,22). The summed E-state index contributed by atoms with van der Waals surface area (Å²) in [6.45, 7) is 0.629. The number of ether oxygens (including phenoxy) is 3. The number of rotatable bonds is 6. The van der Waals surface area contributed by atoms with Crippen molar-refractivity contribution < 1.29 is 14.2 Å². The number of nitrogens with one attached hydrogen (secondary N) is 1. The Labute approximate surface area is 136 Å². The minimum atomic E-state index is 0.629. The van der Waals surface area contributed by atoms with Crippen molar-refractivity contribution in [3.05, 3.63) is 53.6 Å². The number of hydrogen-bond acceptors (Lipinski definition) is 4. The molecule has 0 saturated carbocycles. The van der Waals surface area contributed by atoms with Gasteiger partial charge in [0.15, 0.2) is 11.5 Å². The van der Waals surface area contributed by atoms with E-state index in [0.717, 1.165) is 16.9 Å². The normalized spacial score (nSPS) is 9.95. The average Bonchev–Trinajstić information content (AvgIpc) is 2.59. The molecule has 116 valence electrons. The second kappa shape index (κ2) is 7.66. The molecule has 0 atom stereocenters. The predicted octanol–water partition coefficient (Wildman–Crippen LogP) is 3.18. The van der Waals surface area contributed by atoms with Crippen LogP contribution in [0.15, 0.2) is 42.5 Å². The van der Waals surface area contributed by atoms with Gasteiger partial charge < -0.3 is 19.5 Å². The van der Waals surface area contributed by atoms with Crippen molar-refractivity contribution in [1.29, 1.82) is 0 Å². The SMILES string of the molecule is COc1cccc(CNC(=S)c2ccc(OC)c(OC)c2)c1. The van der Waals surface area contributed by atoms with Crippen molar-refractivity contribution in [3.8, 4) is 17.2 Å². The molecule has 22 heavy (non-hydrogen) atoms. The molecule has 0 aromatic heterocycles. The highest BCUT2D eigenvalue weighted by atomic mass is 32.1. The largest absolute Gasteiger partial charge is 0.497 e. The fraction of sp³-hybridized carbons (Fsp3) is 0.235. The van der Waals surface area contributed by atoms with E-state index in [1.807, 2.05) is 42.5 Å². The molecule has 0 aliphatic carbocycles. The Morgan fingerprint density at radius 2 is 1.73 bits per heavy atom. The van der Waals surface area contributed by atoms with E-state index in [9.17, 15) is 0 Å². The first kappa shape index (κ1) is 16.1. The minimum Gasteiger partial charge on any atom is -0.497 e. The van der Waals surface area contributed by atoms with Gasteiger partial charge in [-0.25, -0.2) is 0 Å². The van der Waals surface area contributed by atoms with Gasteiger partial charge >= 0.3 is 0 Å². The van der Waals surface area contributed by atoms with Crippen molar-refractivity contribution in [2.75, 3.05) is 21.3 Å². The van der Waals surface area contributed by atoms with Crippen LogP contribution in [0.4, 0.5) is 0 Å². The van der Waals surface area contributed by atoms with Gasteiger partial charge in [-0.3, -0.25) is 0 Å². The van der Waals surface area contributed by atoms with E-state index >= 15 is 0 Å². The van der Waals surface area contributed by atoms with Gasteiger partial charge in [0.2, 0.25) is 0 Å². The van der Waals surface area contributed by atoms with E-state index in [1.54, 1.807) is 21.3 Å². The zero-order chi connectivity index (χ0) is 15.9. The highest BCUT2D eigenvalue weighted by Crippen LogP contribution is 2.27. The summed E-state index contributed by atoms with van der Waals surface area (Å²) < 4.78 is 15.7.